The predicted octanol–water partition coefficient (Wildman–Crippen LogP) is 3.17. The Kier molecular flexibility index (Phi) is 4.70. The zero-order chi connectivity index (χ0) is 18.1. The van der Waals surface area contributed by atoms with E-state index < -0.39 is 5.82 Å². The van der Waals surface area contributed by atoms with E-state index >= 15 is 0 Å². The van der Waals surface area contributed by atoms with E-state index in [9.17, 15) is 9.18 Å². The quantitative estimate of drug-likeness (QED) is 0.825. The summed E-state index contributed by atoms with van der Waals surface area (Å²) in [4.78, 5) is 16.6. The van der Waals surface area contributed by atoms with E-state index in [1.807, 2.05) is 18.2 Å². The molecule has 2 heterocycles. The highest BCUT2D eigenvalue weighted by Crippen LogP contribution is 2.32. The molecule has 26 heavy (non-hydrogen) atoms. The van der Waals surface area contributed by atoms with Gasteiger partial charge in [-0.05, 0) is 35.9 Å². The highest BCUT2D eigenvalue weighted by molar-refractivity contribution is 6.33. The van der Waals surface area contributed by atoms with Gasteiger partial charge in [-0.3, -0.25) is 9.69 Å². The van der Waals surface area contributed by atoms with Crippen LogP contribution < -0.4 is 9.47 Å². The minimum absolute atomic E-state index is 0.218. The molecule has 2 aliphatic heterocycles. The summed E-state index contributed by atoms with van der Waals surface area (Å²) in [6.45, 7) is 3.69. The molecular formula is C19H18ClFN2O3. The summed E-state index contributed by atoms with van der Waals surface area (Å²) in [5.74, 6) is 0.865. The molecule has 5 nitrogen and oxygen atoms in total. The molecule has 1 amide bonds. The molecule has 1 saturated heterocycles. The molecule has 0 N–H and O–H groups in total. The van der Waals surface area contributed by atoms with Crippen LogP contribution in [0.25, 0.3) is 0 Å². The second-order valence-electron chi connectivity index (χ2n) is 6.38. The standard InChI is InChI=1S/C19H18ClFN2O3/c20-16-3-2-14(21)10-15(16)19(24)23-7-5-22(6-8-23)11-13-1-4-17-18(9-13)26-12-25-17/h1-4,9-10H,5-8,11-12H2. The molecule has 0 spiro atoms. The van der Waals surface area contributed by atoms with Crippen molar-refractivity contribution >= 4 is 17.5 Å². The van der Waals surface area contributed by atoms with Gasteiger partial charge in [-0.1, -0.05) is 17.7 Å². The van der Waals surface area contributed by atoms with Crippen LogP contribution in [0.2, 0.25) is 5.02 Å². The third-order valence-electron chi connectivity index (χ3n) is 4.66. The summed E-state index contributed by atoms with van der Waals surface area (Å²) in [7, 11) is 0. The molecule has 4 rings (SSSR count). The van der Waals surface area contributed by atoms with E-state index in [0.717, 1.165) is 36.7 Å². The van der Waals surface area contributed by atoms with E-state index in [1.165, 1.54) is 18.2 Å². The minimum atomic E-state index is -0.459. The third kappa shape index (κ3) is 3.48. The van der Waals surface area contributed by atoms with Crippen molar-refractivity contribution in [3.63, 3.8) is 0 Å². The first kappa shape index (κ1) is 17.1. The van der Waals surface area contributed by atoms with Gasteiger partial charge in [0.15, 0.2) is 11.5 Å². The molecule has 0 atom stereocenters. The monoisotopic (exact) mass is 376 g/mol. The largest absolute Gasteiger partial charge is 0.454 e. The first-order valence-corrected chi connectivity index (χ1v) is 8.83. The van der Waals surface area contributed by atoms with Crippen LogP contribution in [0.4, 0.5) is 4.39 Å². The fraction of sp³-hybridized carbons (Fsp3) is 0.316. The molecule has 2 aromatic carbocycles. The Morgan fingerprint density at radius 2 is 1.81 bits per heavy atom. The number of carbonyl (C=O) groups is 1. The zero-order valence-electron chi connectivity index (χ0n) is 14.1. The number of carbonyl (C=O) groups excluding carboxylic acids is 1. The van der Waals surface area contributed by atoms with Crippen molar-refractivity contribution in [2.45, 2.75) is 6.54 Å². The van der Waals surface area contributed by atoms with Crippen LogP contribution in [0, 0.1) is 5.82 Å². The summed E-state index contributed by atoms with van der Waals surface area (Å²) >= 11 is 6.05. The second kappa shape index (κ2) is 7.13. The Balaban J connectivity index is 1.36. The van der Waals surface area contributed by atoms with Crippen LogP contribution in [0.1, 0.15) is 15.9 Å². The van der Waals surface area contributed by atoms with Gasteiger partial charge < -0.3 is 14.4 Å². The molecule has 0 bridgehead atoms. The van der Waals surface area contributed by atoms with E-state index in [0.29, 0.717) is 13.1 Å². The van der Waals surface area contributed by atoms with Crippen molar-refractivity contribution in [2.75, 3.05) is 33.0 Å². The van der Waals surface area contributed by atoms with Crippen LogP contribution in [-0.2, 0) is 6.54 Å². The lowest BCUT2D eigenvalue weighted by Gasteiger charge is -2.35. The van der Waals surface area contributed by atoms with E-state index in [4.69, 9.17) is 21.1 Å². The van der Waals surface area contributed by atoms with Gasteiger partial charge in [-0.2, -0.15) is 0 Å². The van der Waals surface area contributed by atoms with Gasteiger partial charge >= 0.3 is 0 Å². The number of benzene rings is 2. The lowest BCUT2D eigenvalue weighted by atomic mass is 10.1. The summed E-state index contributed by atoms with van der Waals surface area (Å²) in [5.41, 5.74) is 1.36. The van der Waals surface area contributed by atoms with Crippen molar-refractivity contribution in [1.82, 2.24) is 9.80 Å². The Morgan fingerprint density at radius 3 is 2.62 bits per heavy atom. The van der Waals surface area contributed by atoms with Crippen LogP contribution in [0.15, 0.2) is 36.4 Å². The molecule has 2 aromatic rings. The average molecular weight is 377 g/mol. The summed E-state index contributed by atoms with van der Waals surface area (Å²) < 4.78 is 24.2. The van der Waals surface area contributed by atoms with Gasteiger partial charge in [-0.25, -0.2) is 4.39 Å². The number of hydrogen-bond acceptors (Lipinski definition) is 4. The van der Waals surface area contributed by atoms with E-state index in [2.05, 4.69) is 4.90 Å². The molecule has 0 aromatic heterocycles. The molecule has 136 valence electrons. The first-order chi connectivity index (χ1) is 12.6. The molecule has 0 aliphatic carbocycles. The van der Waals surface area contributed by atoms with Crippen molar-refractivity contribution in [1.29, 1.82) is 0 Å². The molecule has 0 radical (unpaired) electrons. The molecule has 0 unspecified atom stereocenters. The number of hydrogen-bond donors (Lipinski definition) is 0. The lowest BCUT2D eigenvalue weighted by Crippen LogP contribution is -2.48. The number of nitrogens with zero attached hydrogens (tertiary/aromatic N) is 2. The number of rotatable bonds is 3. The number of ether oxygens (including phenoxy) is 2. The van der Waals surface area contributed by atoms with E-state index in [-0.39, 0.29) is 23.3 Å². The van der Waals surface area contributed by atoms with Crippen LogP contribution in [0.3, 0.4) is 0 Å². The molecule has 1 fully saturated rings. The molecule has 7 heteroatoms. The topological polar surface area (TPSA) is 42.0 Å². The summed E-state index contributed by atoms with van der Waals surface area (Å²) in [6, 6.07) is 9.80. The first-order valence-electron chi connectivity index (χ1n) is 8.45. The fourth-order valence-corrected chi connectivity index (χ4v) is 3.44. The van der Waals surface area contributed by atoms with Crippen molar-refractivity contribution < 1.29 is 18.7 Å². The van der Waals surface area contributed by atoms with Gasteiger partial charge in [-0.15, -0.1) is 0 Å². The lowest BCUT2D eigenvalue weighted by molar-refractivity contribution is 0.0628. The van der Waals surface area contributed by atoms with Crippen LogP contribution in [-0.4, -0.2) is 48.7 Å². The zero-order valence-corrected chi connectivity index (χ0v) is 14.8. The fourth-order valence-electron chi connectivity index (χ4n) is 3.24. The van der Waals surface area contributed by atoms with Gasteiger partial charge in [0, 0.05) is 32.7 Å². The van der Waals surface area contributed by atoms with Crippen molar-refractivity contribution in [2.24, 2.45) is 0 Å². The maximum Gasteiger partial charge on any atom is 0.255 e. The summed E-state index contributed by atoms with van der Waals surface area (Å²) in [5, 5.41) is 0.277. The Labute approximate surface area is 155 Å². The predicted molar refractivity (Wildman–Crippen MR) is 95.2 cm³/mol. The Hall–Kier alpha value is -2.31. The highest BCUT2D eigenvalue weighted by Gasteiger charge is 2.24. The maximum absolute atomic E-state index is 13.4. The second-order valence-corrected chi connectivity index (χ2v) is 6.79. The van der Waals surface area contributed by atoms with Crippen LogP contribution >= 0.6 is 11.6 Å². The summed E-state index contributed by atoms with van der Waals surface area (Å²) in [6.07, 6.45) is 0. The number of fused-ring (bicyclic) bond motifs is 1. The smallest absolute Gasteiger partial charge is 0.255 e. The Bertz CT molecular complexity index is 838. The highest BCUT2D eigenvalue weighted by atomic mass is 35.5. The molecular weight excluding hydrogens is 359 g/mol. The van der Waals surface area contributed by atoms with Gasteiger partial charge in [0.2, 0.25) is 6.79 Å². The van der Waals surface area contributed by atoms with Gasteiger partial charge in [0.05, 0.1) is 10.6 Å². The maximum atomic E-state index is 13.4. The van der Waals surface area contributed by atoms with Crippen LogP contribution in [0.5, 0.6) is 11.5 Å². The Morgan fingerprint density at radius 1 is 1.04 bits per heavy atom. The molecule has 2 aliphatic rings. The van der Waals surface area contributed by atoms with Crippen molar-refractivity contribution in [3.8, 4) is 11.5 Å². The number of halogens is 2. The molecule has 0 saturated carbocycles. The van der Waals surface area contributed by atoms with E-state index in [1.54, 1.807) is 4.90 Å². The number of amides is 1. The van der Waals surface area contributed by atoms with Gasteiger partial charge in [0.1, 0.15) is 5.82 Å². The van der Waals surface area contributed by atoms with Crippen molar-refractivity contribution in [3.05, 3.63) is 58.4 Å². The third-order valence-corrected chi connectivity index (χ3v) is 4.99. The van der Waals surface area contributed by atoms with Gasteiger partial charge in [0.25, 0.3) is 5.91 Å². The minimum Gasteiger partial charge on any atom is -0.454 e. The SMILES string of the molecule is O=C(c1cc(F)ccc1Cl)N1CCN(Cc2ccc3c(c2)OCO3)CC1. The number of piperazine rings is 1. The average Bonchev–Trinajstić information content (AvgIpc) is 3.11. The normalized spacial score (nSPS) is 16.8.